The van der Waals surface area contributed by atoms with E-state index in [-0.39, 0.29) is 16.4 Å². The first-order chi connectivity index (χ1) is 12.4. The van der Waals surface area contributed by atoms with E-state index in [1.54, 1.807) is 60.7 Å². The van der Waals surface area contributed by atoms with Crippen LogP contribution in [0.3, 0.4) is 0 Å². The van der Waals surface area contributed by atoms with Crippen molar-refractivity contribution in [1.82, 2.24) is 0 Å². The second-order valence-corrected chi connectivity index (χ2v) is 9.38. The lowest BCUT2D eigenvalue weighted by atomic mass is 9.99. The quantitative estimate of drug-likeness (QED) is 0.363. The molecule has 0 unspecified atom stereocenters. The largest absolute Gasteiger partial charge is 0.289 e. The van der Waals surface area contributed by atoms with Gasteiger partial charge in [0.25, 0.3) is 0 Å². The van der Waals surface area contributed by atoms with Gasteiger partial charge >= 0.3 is 0 Å². The molecule has 0 saturated heterocycles. The number of hydrogen-bond acceptors (Lipinski definition) is 3. The van der Waals surface area contributed by atoms with Crippen LogP contribution in [0.5, 0.6) is 0 Å². The van der Waals surface area contributed by atoms with Crippen molar-refractivity contribution in [3.8, 4) is 0 Å². The highest BCUT2D eigenvalue weighted by Gasteiger charge is 2.21. The van der Waals surface area contributed by atoms with Gasteiger partial charge in [0.1, 0.15) is 0 Å². The molecule has 0 aliphatic carbocycles. The van der Waals surface area contributed by atoms with E-state index in [1.807, 2.05) is 6.07 Å². The summed E-state index contributed by atoms with van der Waals surface area (Å²) in [5.74, 6) is -0.514. The van der Waals surface area contributed by atoms with E-state index in [1.165, 1.54) is 6.07 Å². The maximum absolute atomic E-state index is 12.8. The molecule has 6 heteroatoms. The summed E-state index contributed by atoms with van der Waals surface area (Å²) in [6.45, 7) is 0. The molecular weight excluding hydrogens is 483 g/mol. The Morgan fingerprint density at radius 2 is 1.58 bits per heavy atom. The number of carbonyl (C=O) groups is 1. The van der Waals surface area contributed by atoms with Crippen LogP contribution < -0.4 is 0 Å². The van der Waals surface area contributed by atoms with E-state index in [0.717, 1.165) is 3.57 Å². The Morgan fingerprint density at radius 1 is 0.923 bits per heavy atom. The third-order valence-corrected chi connectivity index (χ3v) is 6.51. The first kappa shape index (κ1) is 19.1. The number of sulfone groups is 1. The molecular formula is C20H14ClIO3S. The Labute approximate surface area is 171 Å². The van der Waals surface area contributed by atoms with Crippen LogP contribution >= 0.6 is 34.2 Å². The summed E-state index contributed by atoms with van der Waals surface area (Å²) >= 11 is 8.17. The van der Waals surface area contributed by atoms with E-state index in [0.29, 0.717) is 21.7 Å². The van der Waals surface area contributed by atoms with Crippen LogP contribution in [-0.2, 0) is 15.6 Å². The lowest BCUT2D eigenvalue weighted by molar-refractivity contribution is 0.103. The smallest absolute Gasteiger partial charge is 0.193 e. The molecule has 0 spiro atoms. The summed E-state index contributed by atoms with van der Waals surface area (Å²) in [5, 5.41) is 0.389. The highest BCUT2D eigenvalue weighted by molar-refractivity contribution is 14.1. The third kappa shape index (κ3) is 4.34. The predicted molar refractivity (Wildman–Crippen MR) is 111 cm³/mol. The minimum Gasteiger partial charge on any atom is -0.289 e. The summed E-state index contributed by atoms with van der Waals surface area (Å²) in [6.07, 6.45) is 0. The summed E-state index contributed by atoms with van der Waals surface area (Å²) in [6, 6.07) is 20.1. The lowest BCUT2D eigenvalue weighted by Crippen LogP contribution is -2.11. The SMILES string of the molecule is O=C(c1ccccc1)c1cc(Cl)ccc1CS(=O)(=O)c1ccc(I)cc1. The molecule has 0 heterocycles. The monoisotopic (exact) mass is 496 g/mol. The van der Waals surface area contributed by atoms with Crippen molar-refractivity contribution in [3.05, 3.63) is 98.1 Å². The minimum atomic E-state index is -3.58. The number of carbonyl (C=O) groups excluding carboxylic acids is 1. The fourth-order valence-electron chi connectivity index (χ4n) is 2.56. The summed E-state index contributed by atoms with van der Waals surface area (Å²) in [7, 11) is -3.58. The van der Waals surface area contributed by atoms with Crippen molar-refractivity contribution < 1.29 is 13.2 Å². The first-order valence-corrected chi connectivity index (χ1v) is 10.8. The number of halogens is 2. The van der Waals surface area contributed by atoms with Crippen molar-refractivity contribution in [2.75, 3.05) is 0 Å². The van der Waals surface area contributed by atoms with E-state index >= 15 is 0 Å². The zero-order valence-electron chi connectivity index (χ0n) is 13.5. The Kier molecular flexibility index (Phi) is 5.79. The van der Waals surface area contributed by atoms with Crippen LogP contribution in [0.2, 0.25) is 5.02 Å². The van der Waals surface area contributed by atoms with Gasteiger partial charge in [-0.1, -0.05) is 48.0 Å². The van der Waals surface area contributed by atoms with Gasteiger partial charge in [0, 0.05) is 19.7 Å². The van der Waals surface area contributed by atoms with Crippen LogP contribution in [0.25, 0.3) is 0 Å². The highest BCUT2D eigenvalue weighted by Crippen LogP contribution is 2.24. The third-order valence-electron chi connectivity index (χ3n) is 3.87. The molecule has 0 amide bonds. The van der Waals surface area contributed by atoms with Gasteiger partial charge in [-0.25, -0.2) is 8.42 Å². The molecule has 132 valence electrons. The van der Waals surface area contributed by atoms with Crippen LogP contribution in [0, 0.1) is 3.57 Å². The average molecular weight is 497 g/mol. The maximum atomic E-state index is 12.8. The normalized spacial score (nSPS) is 11.3. The van der Waals surface area contributed by atoms with Crippen molar-refractivity contribution in [2.24, 2.45) is 0 Å². The molecule has 0 radical (unpaired) electrons. The molecule has 0 fully saturated rings. The molecule has 0 aromatic heterocycles. The summed E-state index contributed by atoms with van der Waals surface area (Å²) < 4.78 is 26.5. The highest BCUT2D eigenvalue weighted by atomic mass is 127. The van der Waals surface area contributed by atoms with Crippen LogP contribution in [-0.4, -0.2) is 14.2 Å². The Balaban J connectivity index is 2.01. The Morgan fingerprint density at radius 3 is 2.23 bits per heavy atom. The van der Waals surface area contributed by atoms with Crippen LogP contribution in [0.1, 0.15) is 21.5 Å². The molecule has 0 aliphatic rings. The topological polar surface area (TPSA) is 51.2 Å². The maximum Gasteiger partial charge on any atom is 0.193 e. The molecule has 3 nitrogen and oxygen atoms in total. The number of hydrogen-bond donors (Lipinski definition) is 0. The first-order valence-electron chi connectivity index (χ1n) is 7.73. The molecule has 0 saturated carbocycles. The Hall–Kier alpha value is -1.70. The van der Waals surface area contributed by atoms with E-state index in [4.69, 9.17) is 11.6 Å². The molecule has 0 bridgehead atoms. The van der Waals surface area contributed by atoms with Crippen molar-refractivity contribution in [1.29, 1.82) is 0 Å². The number of ketones is 1. The minimum absolute atomic E-state index is 0.228. The lowest BCUT2D eigenvalue weighted by Gasteiger charge is -2.11. The van der Waals surface area contributed by atoms with Crippen molar-refractivity contribution >= 4 is 49.8 Å². The van der Waals surface area contributed by atoms with Gasteiger partial charge in [0.05, 0.1) is 10.6 Å². The second kappa shape index (κ2) is 7.90. The standard InChI is InChI=1S/C20H14ClIO3S/c21-16-7-6-15(13-26(24,25)18-10-8-17(22)9-11-18)19(12-16)20(23)14-4-2-1-3-5-14/h1-12H,13H2. The number of benzene rings is 3. The average Bonchev–Trinajstić information content (AvgIpc) is 2.63. The van der Waals surface area contributed by atoms with Crippen molar-refractivity contribution in [3.63, 3.8) is 0 Å². The summed E-state index contributed by atoms with van der Waals surface area (Å²) in [5.41, 5.74) is 1.22. The van der Waals surface area contributed by atoms with E-state index < -0.39 is 9.84 Å². The predicted octanol–water partition coefficient (Wildman–Crippen LogP) is 5.15. The molecule has 3 aromatic rings. The molecule has 3 rings (SSSR count). The molecule has 0 aliphatic heterocycles. The molecule has 26 heavy (non-hydrogen) atoms. The number of rotatable bonds is 5. The van der Waals surface area contributed by atoms with Gasteiger partial charge < -0.3 is 0 Å². The second-order valence-electron chi connectivity index (χ2n) is 5.71. The van der Waals surface area contributed by atoms with Crippen LogP contribution in [0.15, 0.2) is 77.7 Å². The molecule has 3 aromatic carbocycles. The summed E-state index contributed by atoms with van der Waals surface area (Å²) in [4.78, 5) is 13.1. The molecule has 0 atom stereocenters. The van der Waals surface area contributed by atoms with Gasteiger partial charge in [0.15, 0.2) is 15.6 Å². The van der Waals surface area contributed by atoms with Gasteiger partial charge in [-0.2, -0.15) is 0 Å². The molecule has 0 N–H and O–H groups in total. The Bertz CT molecular complexity index is 1050. The van der Waals surface area contributed by atoms with Gasteiger partial charge in [0.2, 0.25) is 0 Å². The zero-order chi connectivity index (χ0) is 18.7. The fourth-order valence-corrected chi connectivity index (χ4v) is 4.47. The van der Waals surface area contributed by atoms with Gasteiger partial charge in [-0.3, -0.25) is 4.79 Å². The fraction of sp³-hybridized carbons (Fsp3) is 0.0500. The van der Waals surface area contributed by atoms with E-state index in [9.17, 15) is 13.2 Å². The van der Waals surface area contributed by atoms with Gasteiger partial charge in [-0.05, 0) is 64.6 Å². The van der Waals surface area contributed by atoms with Crippen molar-refractivity contribution in [2.45, 2.75) is 10.6 Å². The zero-order valence-corrected chi connectivity index (χ0v) is 17.3. The van der Waals surface area contributed by atoms with E-state index in [2.05, 4.69) is 22.6 Å². The van der Waals surface area contributed by atoms with Gasteiger partial charge in [-0.15, -0.1) is 0 Å². The van der Waals surface area contributed by atoms with Crippen LogP contribution in [0.4, 0.5) is 0 Å².